The number of furan rings is 1. The molecular weight excluding hydrogens is 252 g/mol. The lowest BCUT2D eigenvalue weighted by atomic mass is 10.0. The molecule has 0 aliphatic heterocycles. The molecule has 1 aromatic heterocycles. The van der Waals surface area contributed by atoms with Crippen molar-refractivity contribution < 1.29 is 14.3 Å². The summed E-state index contributed by atoms with van der Waals surface area (Å²) in [6.45, 7) is 0. The van der Waals surface area contributed by atoms with Crippen LogP contribution in [0.25, 0.3) is 10.8 Å². The Morgan fingerprint density at radius 2 is 1.90 bits per heavy atom. The number of hydrogen-bond donors (Lipinski definition) is 1. The van der Waals surface area contributed by atoms with Gasteiger partial charge in [0.05, 0.1) is 19.5 Å². The van der Waals surface area contributed by atoms with Crippen molar-refractivity contribution in [2.24, 2.45) is 0 Å². The van der Waals surface area contributed by atoms with Gasteiger partial charge in [-0.15, -0.1) is 0 Å². The molecule has 20 heavy (non-hydrogen) atoms. The molecule has 1 heterocycles. The van der Waals surface area contributed by atoms with Crippen LogP contribution in [-0.2, 0) is 6.42 Å². The zero-order valence-corrected chi connectivity index (χ0v) is 11.2. The summed E-state index contributed by atoms with van der Waals surface area (Å²) in [5.41, 5.74) is 0.888. The SMILES string of the molecule is COc1ccc2cc(C(O)Cc3ccco3)ccc2c1. The molecule has 102 valence electrons. The van der Waals surface area contributed by atoms with Crippen molar-refractivity contribution in [3.8, 4) is 5.75 Å². The van der Waals surface area contributed by atoms with Gasteiger partial charge in [-0.1, -0.05) is 18.2 Å². The molecule has 1 unspecified atom stereocenters. The molecule has 0 saturated carbocycles. The van der Waals surface area contributed by atoms with E-state index in [1.807, 2.05) is 48.5 Å². The highest BCUT2D eigenvalue weighted by Crippen LogP contribution is 2.26. The Morgan fingerprint density at radius 1 is 1.10 bits per heavy atom. The number of ether oxygens (including phenoxy) is 1. The molecule has 3 aromatic rings. The number of aliphatic hydroxyl groups excluding tert-OH is 1. The third-order valence-electron chi connectivity index (χ3n) is 3.43. The largest absolute Gasteiger partial charge is 0.497 e. The standard InChI is InChI=1S/C17H16O3/c1-19-15-7-6-12-9-14(5-4-13(12)10-15)17(18)11-16-3-2-8-20-16/h2-10,17-18H,11H2,1H3. The Bertz CT molecular complexity index is 701. The van der Waals surface area contributed by atoms with E-state index in [0.29, 0.717) is 6.42 Å². The van der Waals surface area contributed by atoms with Gasteiger partial charge in [-0.2, -0.15) is 0 Å². The van der Waals surface area contributed by atoms with Gasteiger partial charge in [0.2, 0.25) is 0 Å². The van der Waals surface area contributed by atoms with Crippen molar-refractivity contribution in [2.45, 2.75) is 12.5 Å². The molecule has 0 fully saturated rings. The first-order valence-electron chi connectivity index (χ1n) is 6.54. The summed E-state index contributed by atoms with van der Waals surface area (Å²) >= 11 is 0. The lowest BCUT2D eigenvalue weighted by Crippen LogP contribution is -2.00. The van der Waals surface area contributed by atoms with Crippen LogP contribution in [0, 0.1) is 0 Å². The van der Waals surface area contributed by atoms with Gasteiger partial charge in [-0.25, -0.2) is 0 Å². The van der Waals surface area contributed by atoms with E-state index < -0.39 is 6.10 Å². The molecule has 0 aliphatic rings. The molecule has 3 heteroatoms. The topological polar surface area (TPSA) is 42.6 Å². The number of methoxy groups -OCH3 is 1. The van der Waals surface area contributed by atoms with Crippen LogP contribution in [-0.4, -0.2) is 12.2 Å². The van der Waals surface area contributed by atoms with Crippen molar-refractivity contribution in [2.75, 3.05) is 7.11 Å². The third kappa shape index (κ3) is 2.53. The van der Waals surface area contributed by atoms with Gasteiger partial charge in [0.1, 0.15) is 11.5 Å². The van der Waals surface area contributed by atoms with Gasteiger partial charge < -0.3 is 14.3 Å². The normalized spacial score (nSPS) is 12.5. The Balaban J connectivity index is 1.88. The van der Waals surface area contributed by atoms with Crippen LogP contribution >= 0.6 is 0 Å². The Labute approximate surface area is 117 Å². The molecule has 3 nitrogen and oxygen atoms in total. The van der Waals surface area contributed by atoms with Crippen LogP contribution in [0.15, 0.2) is 59.2 Å². The van der Waals surface area contributed by atoms with Gasteiger partial charge in [-0.05, 0) is 46.7 Å². The second-order valence-electron chi connectivity index (χ2n) is 4.77. The fourth-order valence-electron chi connectivity index (χ4n) is 2.31. The van der Waals surface area contributed by atoms with Crippen molar-refractivity contribution in [3.05, 3.63) is 66.1 Å². The third-order valence-corrected chi connectivity index (χ3v) is 3.43. The second-order valence-corrected chi connectivity index (χ2v) is 4.77. The molecule has 0 spiro atoms. The molecule has 0 radical (unpaired) electrons. The Kier molecular flexibility index (Phi) is 3.44. The first kappa shape index (κ1) is 12.8. The summed E-state index contributed by atoms with van der Waals surface area (Å²) < 4.78 is 10.5. The van der Waals surface area contributed by atoms with Gasteiger partial charge in [0.25, 0.3) is 0 Å². The monoisotopic (exact) mass is 268 g/mol. The average Bonchev–Trinajstić information content (AvgIpc) is 2.99. The molecule has 2 aromatic carbocycles. The molecular formula is C17H16O3. The summed E-state index contributed by atoms with van der Waals surface area (Å²) in [7, 11) is 1.66. The summed E-state index contributed by atoms with van der Waals surface area (Å²) in [6, 6.07) is 15.5. The number of fused-ring (bicyclic) bond motifs is 1. The Hall–Kier alpha value is -2.26. The van der Waals surface area contributed by atoms with Gasteiger partial charge >= 0.3 is 0 Å². The van der Waals surface area contributed by atoms with E-state index >= 15 is 0 Å². The van der Waals surface area contributed by atoms with Crippen LogP contribution < -0.4 is 4.74 Å². The molecule has 3 rings (SSSR count). The average molecular weight is 268 g/mol. The molecule has 0 aliphatic carbocycles. The first-order chi connectivity index (χ1) is 9.76. The summed E-state index contributed by atoms with van der Waals surface area (Å²) in [5.74, 6) is 1.62. The minimum absolute atomic E-state index is 0.481. The first-order valence-corrected chi connectivity index (χ1v) is 6.54. The molecule has 0 bridgehead atoms. The highest BCUT2D eigenvalue weighted by molar-refractivity contribution is 5.84. The van der Waals surface area contributed by atoms with Crippen molar-refractivity contribution >= 4 is 10.8 Å². The van der Waals surface area contributed by atoms with E-state index in [1.165, 1.54) is 0 Å². The van der Waals surface area contributed by atoms with E-state index in [0.717, 1.165) is 27.8 Å². The number of aliphatic hydroxyl groups is 1. The van der Waals surface area contributed by atoms with E-state index in [4.69, 9.17) is 9.15 Å². The maximum Gasteiger partial charge on any atom is 0.119 e. The van der Waals surface area contributed by atoms with Gasteiger partial charge in [0.15, 0.2) is 0 Å². The minimum atomic E-state index is -0.562. The highest BCUT2D eigenvalue weighted by atomic mass is 16.5. The van der Waals surface area contributed by atoms with Crippen LogP contribution in [0.3, 0.4) is 0 Å². The van der Waals surface area contributed by atoms with Crippen LogP contribution in [0.2, 0.25) is 0 Å². The second kappa shape index (κ2) is 5.39. The summed E-state index contributed by atoms with van der Waals surface area (Å²) in [6.07, 6.45) is 1.54. The van der Waals surface area contributed by atoms with Crippen LogP contribution in [0.4, 0.5) is 0 Å². The maximum atomic E-state index is 10.3. The fraction of sp³-hybridized carbons (Fsp3) is 0.176. The number of benzene rings is 2. The molecule has 1 atom stereocenters. The Morgan fingerprint density at radius 3 is 2.65 bits per heavy atom. The maximum absolute atomic E-state index is 10.3. The lowest BCUT2D eigenvalue weighted by Gasteiger charge is -2.11. The van der Waals surface area contributed by atoms with E-state index in [1.54, 1.807) is 13.4 Å². The van der Waals surface area contributed by atoms with Crippen molar-refractivity contribution in [1.29, 1.82) is 0 Å². The zero-order chi connectivity index (χ0) is 13.9. The van der Waals surface area contributed by atoms with Gasteiger partial charge in [0, 0.05) is 6.42 Å². The highest BCUT2D eigenvalue weighted by Gasteiger charge is 2.11. The lowest BCUT2D eigenvalue weighted by molar-refractivity contribution is 0.170. The quantitative estimate of drug-likeness (QED) is 0.784. The predicted molar refractivity (Wildman–Crippen MR) is 77.9 cm³/mol. The summed E-state index contributed by atoms with van der Waals surface area (Å²) in [4.78, 5) is 0. The van der Waals surface area contributed by atoms with E-state index in [-0.39, 0.29) is 0 Å². The van der Waals surface area contributed by atoms with E-state index in [9.17, 15) is 5.11 Å². The minimum Gasteiger partial charge on any atom is -0.497 e. The van der Waals surface area contributed by atoms with Crippen molar-refractivity contribution in [1.82, 2.24) is 0 Å². The van der Waals surface area contributed by atoms with E-state index in [2.05, 4.69) is 0 Å². The van der Waals surface area contributed by atoms with Crippen LogP contribution in [0.5, 0.6) is 5.75 Å². The predicted octanol–water partition coefficient (Wildman–Crippen LogP) is 3.72. The molecule has 1 N–H and O–H groups in total. The fourth-order valence-corrected chi connectivity index (χ4v) is 2.31. The van der Waals surface area contributed by atoms with Crippen LogP contribution in [0.1, 0.15) is 17.4 Å². The molecule has 0 amide bonds. The summed E-state index contributed by atoms with van der Waals surface area (Å²) in [5, 5.41) is 12.4. The number of hydrogen-bond acceptors (Lipinski definition) is 3. The molecule has 0 saturated heterocycles. The zero-order valence-electron chi connectivity index (χ0n) is 11.2. The smallest absolute Gasteiger partial charge is 0.119 e. The van der Waals surface area contributed by atoms with Crippen molar-refractivity contribution in [3.63, 3.8) is 0 Å². The number of rotatable bonds is 4. The van der Waals surface area contributed by atoms with Gasteiger partial charge in [-0.3, -0.25) is 0 Å².